The van der Waals surface area contributed by atoms with Crippen molar-refractivity contribution in [1.29, 1.82) is 0 Å². The molecule has 0 saturated carbocycles. The number of hydrogen-bond acceptors (Lipinski definition) is 6. The third-order valence-corrected chi connectivity index (χ3v) is 4.78. The topological polar surface area (TPSA) is 87.7 Å². The fraction of sp³-hybridized carbons (Fsp3) is 0.400. The van der Waals surface area contributed by atoms with Crippen molar-refractivity contribution in [2.45, 2.75) is 20.8 Å². The van der Waals surface area contributed by atoms with E-state index >= 15 is 0 Å². The van der Waals surface area contributed by atoms with Gasteiger partial charge in [-0.3, -0.25) is 4.79 Å². The van der Waals surface area contributed by atoms with Crippen LogP contribution < -0.4 is 10.2 Å². The molecule has 2 amide bonds. The quantitative estimate of drug-likeness (QED) is 0.873. The summed E-state index contributed by atoms with van der Waals surface area (Å²) in [6, 6.07) is 9.21. The molecule has 2 heterocycles. The molecule has 8 heteroatoms. The van der Waals surface area contributed by atoms with Gasteiger partial charge in [0.1, 0.15) is 0 Å². The van der Waals surface area contributed by atoms with E-state index in [-0.39, 0.29) is 17.7 Å². The third-order valence-electron chi connectivity index (χ3n) is 4.78. The van der Waals surface area contributed by atoms with E-state index < -0.39 is 0 Å². The van der Waals surface area contributed by atoms with Gasteiger partial charge in [-0.05, 0) is 56.2 Å². The van der Waals surface area contributed by atoms with Crippen molar-refractivity contribution < 1.29 is 14.3 Å². The first-order valence-corrected chi connectivity index (χ1v) is 9.37. The van der Waals surface area contributed by atoms with Crippen molar-refractivity contribution in [2.24, 2.45) is 0 Å². The highest BCUT2D eigenvalue weighted by Gasteiger charge is 2.23. The molecular weight excluding hydrogens is 358 g/mol. The number of anilines is 2. The van der Waals surface area contributed by atoms with Crippen LogP contribution in [0.3, 0.4) is 0 Å². The minimum absolute atomic E-state index is 0.257. The maximum absolute atomic E-state index is 12.4. The average molecular weight is 383 g/mol. The van der Waals surface area contributed by atoms with Crippen molar-refractivity contribution >= 4 is 23.5 Å². The maximum atomic E-state index is 12.4. The van der Waals surface area contributed by atoms with Crippen LogP contribution in [0.4, 0.5) is 16.3 Å². The van der Waals surface area contributed by atoms with Crippen LogP contribution in [0.15, 0.2) is 30.3 Å². The predicted octanol–water partition coefficient (Wildman–Crippen LogP) is 2.62. The molecule has 0 atom stereocenters. The Bertz CT molecular complexity index is 845. The zero-order chi connectivity index (χ0) is 20.1. The van der Waals surface area contributed by atoms with E-state index in [1.54, 1.807) is 24.0 Å². The molecule has 0 radical (unpaired) electrons. The number of nitrogens with one attached hydrogen (secondary N) is 1. The molecule has 1 aliphatic heterocycles. The van der Waals surface area contributed by atoms with Gasteiger partial charge >= 0.3 is 6.09 Å². The Hall–Kier alpha value is -3.16. The Balaban J connectivity index is 1.58. The molecule has 148 valence electrons. The van der Waals surface area contributed by atoms with Crippen molar-refractivity contribution in [3.8, 4) is 0 Å². The number of benzene rings is 1. The molecule has 3 rings (SSSR count). The lowest BCUT2D eigenvalue weighted by Gasteiger charge is -2.34. The molecule has 28 heavy (non-hydrogen) atoms. The minimum Gasteiger partial charge on any atom is -0.450 e. The van der Waals surface area contributed by atoms with Gasteiger partial charge < -0.3 is 19.9 Å². The Morgan fingerprint density at radius 3 is 2.39 bits per heavy atom. The summed E-state index contributed by atoms with van der Waals surface area (Å²) in [5.74, 6) is 0.390. The molecule has 8 nitrogen and oxygen atoms in total. The molecule has 0 bridgehead atoms. The summed E-state index contributed by atoms with van der Waals surface area (Å²) in [6.45, 7) is 8.60. The predicted molar refractivity (Wildman–Crippen MR) is 107 cm³/mol. The van der Waals surface area contributed by atoms with Crippen LogP contribution in [-0.4, -0.2) is 59.9 Å². The molecule has 1 fully saturated rings. The molecule has 1 aliphatic rings. The number of amides is 2. The van der Waals surface area contributed by atoms with Gasteiger partial charge in [-0.15, -0.1) is 10.2 Å². The van der Waals surface area contributed by atoms with Crippen LogP contribution in [-0.2, 0) is 4.74 Å². The van der Waals surface area contributed by atoms with Crippen LogP contribution in [0.1, 0.15) is 28.5 Å². The normalized spacial score (nSPS) is 14.0. The summed E-state index contributed by atoms with van der Waals surface area (Å²) in [5.41, 5.74) is 3.27. The van der Waals surface area contributed by atoms with Crippen molar-refractivity contribution in [3.63, 3.8) is 0 Å². The van der Waals surface area contributed by atoms with Crippen LogP contribution in [0.2, 0.25) is 0 Å². The lowest BCUT2D eigenvalue weighted by atomic mass is 10.1. The minimum atomic E-state index is -0.297. The van der Waals surface area contributed by atoms with Gasteiger partial charge in [-0.1, -0.05) is 6.07 Å². The van der Waals surface area contributed by atoms with E-state index in [2.05, 4.69) is 15.5 Å². The van der Waals surface area contributed by atoms with Crippen LogP contribution in [0.5, 0.6) is 0 Å². The van der Waals surface area contributed by atoms with Crippen LogP contribution in [0.25, 0.3) is 0 Å². The molecular formula is C20H25N5O3. The second kappa shape index (κ2) is 8.69. The Morgan fingerprint density at radius 2 is 1.79 bits per heavy atom. The smallest absolute Gasteiger partial charge is 0.409 e. The standard InChI is InChI=1S/C20H25N5O3/c1-4-28-20(27)25-11-9-24(10-12-25)18-8-7-17(22-23-18)19(26)21-16-6-5-14(2)15(3)13-16/h5-8,13H,4,9-12H2,1-3H3,(H,21,26). The number of aromatic nitrogens is 2. The van der Waals surface area contributed by atoms with E-state index in [0.717, 1.165) is 11.3 Å². The molecule has 0 spiro atoms. The van der Waals surface area contributed by atoms with Crippen LogP contribution in [0, 0.1) is 13.8 Å². The largest absolute Gasteiger partial charge is 0.450 e. The number of carbonyl (C=O) groups excluding carboxylic acids is 2. The van der Waals surface area contributed by atoms with Gasteiger partial charge in [0.2, 0.25) is 0 Å². The number of aryl methyl sites for hydroxylation is 2. The third kappa shape index (κ3) is 4.57. The Morgan fingerprint density at radius 1 is 1.04 bits per heavy atom. The number of piperazine rings is 1. The lowest BCUT2D eigenvalue weighted by Crippen LogP contribution is -2.49. The summed E-state index contributed by atoms with van der Waals surface area (Å²) in [4.78, 5) is 27.9. The first kappa shape index (κ1) is 19.6. The first-order chi connectivity index (χ1) is 13.5. The molecule has 1 aromatic heterocycles. The summed E-state index contributed by atoms with van der Waals surface area (Å²) >= 11 is 0. The second-order valence-corrected chi connectivity index (χ2v) is 6.70. The fourth-order valence-electron chi connectivity index (χ4n) is 2.96. The highest BCUT2D eigenvalue weighted by Crippen LogP contribution is 2.16. The first-order valence-electron chi connectivity index (χ1n) is 9.37. The number of carbonyl (C=O) groups is 2. The van der Waals surface area contributed by atoms with Gasteiger partial charge in [-0.2, -0.15) is 0 Å². The van der Waals surface area contributed by atoms with Gasteiger partial charge in [-0.25, -0.2) is 4.79 Å². The van der Waals surface area contributed by atoms with Gasteiger partial charge in [0.05, 0.1) is 6.61 Å². The van der Waals surface area contributed by atoms with Gasteiger partial charge in [0.25, 0.3) is 5.91 Å². The van der Waals surface area contributed by atoms with E-state index in [9.17, 15) is 9.59 Å². The number of rotatable bonds is 4. The lowest BCUT2D eigenvalue weighted by molar-refractivity contribution is 0.101. The number of ether oxygens (including phenoxy) is 1. The van der Waals surface area contributed by atoms with Crippen LogP contribution >= 0.6 is 0 Å². The van der Waals surface area contributed by atoms with E-state index in [1.807, 2.05) is 36.9 Å². The van der Waals surface area contributed by atoms with E-state index in [4.69, 9.17) is 4.74 Å². The summed E-state index contributed by atoms with van der Waals surface area (Å²) in [5, 5.41) is 11.1. The highest BCUT2D eigenvalue weighted by molar-refractivity contribution is 6.02. The Kier molecular flexibility index (Phi) is 6.08. The zero-order valence-corrected chi connectivity index (χ0v) is 16.4. The number of nitrogens with zero attached hydrogens (tertiary/aromatic N) is 4. The Labute approximate surface area is 164 Å². The molecule has 1 aromatic carbocycles. The molecule has 1 saturated heterocycles. The fourth-order valence-corrected chi connectivity index (χ4v) is 2.96. The van der Waals surface area contributed by atoms with E-state index in [0.29, 0.717) is 38.6 Å². The maximum Gasteiger partial charge on any atom is 0.409 e. The van der Waals surface area contributed by atoms with E-state index in [1.165, 1.54) is 5.56 Å². The monoisotopic (exact) mass is 383 g/mol. The summed E-state index contributed by atoms with van der Waals surface area (Å²) < 4.78 is 5.02. The molecule has 2 aromatic rings. The van der Waals surface area contributed by atoms with Gasteiger partial charge in [0, 0.05) is 31.9 Å². The molecule has 0 aliphatic carbocycles. The zero-order valence-electron chi connectivity index (χ0n) is 16.4. The summed E-state index contributed by atoms with van der Waals surface area (Å²) in [6.07, 6.45) is -0.286. The van der Waals surface area contributed by atoms with Crippen molar-refractivity contribution in [2.75, 3.05) is 43.0 Å². The van der Waals surface area contributed by atoms with Gasteiger partial charge in [0.15, 0.2) is 11.5 Å². The van der Waals surface area contributed by atoms with Crippen molar-refractivity contribution in [3.05, 3.63) is 47.2 Å². The highest BCUT2D eigenvalue weighted by atomic mass is 16.6. The summed E-state index contributed by atoms with van der Waals surface area (Å²) in [7, 11) is 0. The van der Waals surface area contributed by atoms with Crippen molar-refractivity contribution in [1.82, 2.24) is 15.1 Å². The number of hydrogen-bond donors (Lipinski definition) is 1. The molecule has 1 N–H and O–H groups in total. The second-order valence-electron chi connectivity index (χ2n) is 6.70. The SMILES string of the molecule is CCOC(=O)N1CCN(c2ccc(C(=O)Nc3ccc(C)c(C)c3)nn2)CC1. The molecule has 0 unspecified atom stereocenters. The average Bonchev–Trinajstić information content (AvgIpc) is 2.71.